The predicted molar refractivity (Wildman–Crippen MR) is 50.0 cm³/mol. The molecule has 0 aromatic carbocycles. The molecule has 0 aliphatic carbocycles. The van der Waals surface area contributed by atoms with Crippen LogP contribution in [0.4, 0.5) is 0 Å². The average molecular weight is 186 g/mol. The van der Waals surface area contributed by atoms with Gasteiger partial charge in [0.05, 0.1) is 19.5 Å². The first kappa shape index (κ1) is 10.5. The predicted octanol–water partition coefficient (Wildman–Crippen LogP) is 2.28. The highest BCUT2D eigenvalue weighted by Gasteiger charge is 2.36. The van der Waals surface area contributed by atoms with Gasteiger partial charge in [0.2, 0.25) is 0 Å². The van der Waals surface area contributed by atoms with Gasteiger partial charge in [-0.25, -0.2) is 0 Å². The monoisotopic (exact) mass is 186 g/mol. The molecule has 1 atom stereocenters. The lowest BCUT2D eigenvalue weighted by Gasteiger charge is -2.35. The van der Waals surface area contributed by atoms with Crippen LogP contribution in [-0.4, -0.2) is 19.2 Å². The molecule has 0 amide bonds. The van der Waals surface area contributed by atoms with Crippen LogP contribution in [0.15, 0.2) is 12.3 Å². The Hall–Kier alpha value is -0.540. The van der Waals surface area contributed by atoms with Crippen LogP contribution in [0.2, 0.25) is 0 Å². The molecule has 76 valence electrons. The molecule has 3 heteroatoms. The van der Waals surface area contributed by atoms with E-state index in [1.165, 1.54) is 0 Å². The lowest BCUT2D eigenvalue weighted by atomic mass is 10.1. The topological polar surface area (TPSA) is 27.7 Å². The minimum Gasteiger partial charge on any atom is -0.447 e. The Kier molecular flexibility index (Phi) is 3.75. The summed E-state index contributed by atoms with van der Waals surface area (Å²) < 4.78 is 16.4. The Labute approximate surface area is 79.7 Å². The van der Waals surface area contributed by atoms with Crippen LogP contribution in [0.1, 0.15) is 27.2 Å². The zero-order valence-corrected chi connectivity index (χ0v) is 8.58. The summed E-state index contributed by atoms with van der Waals surface area (Å²) in [5.74, 6) is -0.399. The molecule has 13 heavy (non-hydrogen) atoms. The van der Waals surface area contributed by atoms with E-state index in [0.717, 1.165) is 6.42 Å². The van der Waals surface area contributed by atoms with E-state index in [1.807, 2.05) is 19.9 Å². The summed E-state index contributed by atoms with van der Waals surface area (Å²) in [7, 11) is 0. The zero-order chi connectivity index (χ0) is 9.73. The molecular weight excluding hydrogens is 168 g/mol. The van der Waals surface area contributed by atoms with E-state index >= 15 is 0 Å². The maximum absolute atomic E-state index is 5.49. The van der Waals surface area contributed by atoms with Crippen LogP contribution in [0.5, 0.6) is 0 Å². The molecule has 0 saturated carbocycles. The van der Waals surface area contributed by atoms with Crippen molar-refractivity contribution in [1.29, 1.82) is 0 Å². The third-order valence-electron chi connectivity index (χ3n) is 1.96. The normalized spacial score (nSPS) is 25.6. The first-order chi connectivity index (χ1) is 6.22. The molecule has 0 bridgehead atoms. The van der Waals surface area contributed by atoms with Crippen molar-refractivity contribution in [2.45, 2.75) is 33.2 Å². The van der Waals surface area contributed by atoms with Crippen LogP contribution in [0, 0.1) is 5.92 Å². The molecule has 0 aromatic rings. The molecular formula is C10H18O3. The molecule has 0 saturated heterocycles. The molecule has 0 fully saturated rings. The second-order valence-electron chi connectivity index (χ2n) is 3.18. The van der Waals surface area contributed by atoms with E-state index in [9.17, 15) is 0 Å². The Bertz CT molecular complexity index is 171. The van der Waals surface area contributed by atoms with Crippen LogP contribution >= 0.6 is 0 Å². The minimum atomic E-state index is -0.836. The SMILES string of the molecule is CCOC1(OCC)CC(C)C=CO1. The van der Waals surface area contributed by atoms with E-state index in [0.29, 0.717) is 19.1 Å². The standard InChI is InChI=1S/C10H18O3/c1-4-11-10(12-5-2)8-9(3)6-7-13-10/h6-7,9H,4-5,8H2,1-3H3. The van der Waals surface area contributed by atoms with Gasteiger partial charge in [-0.15, -0.1) is 0 Å². The summed E-state index contributed by atoms with van der Waals surface area (Å²) >= 11 is 0. The highest BCUT2D eigenvalue weighted by molar-refractivity contribution is 4.88. The number of rotatable bonds is 4. The van der Waals surface area contributed by atoms with Crippen molar-refractivity contribution in [2.24, 2.45) is 5.92 Å². The molecule has 1 aliphatic heterocycles. The molecule has 1 heterocycles. The van der Waals surface area contributed by atoms with E-state index in [-0.39, 0.29) is 0 Å². The fourth-order valence-electron chi connectivity index (χ4n) is 1.45. The van der Waals surface area contributed by atoms with Gasteiger partial charge in [-0.2, -0.15) is 0 Å². The van der Waals surface area contributed by atoms with Gasteiger partial charge < -0.3 is 14.2 Å². The van der Waals surface area contributed by atoms with Crippen molar-refractivity contribution in [1.82, 2.24) is 0 Å². The van der Waals surface area contributed by atoms with Crippen molar-refractivity contribution in [3.8, 4) is 0 Å². The Balaban J connectivity index is 2.61. The van der Waals surface area contributed by atoms with E-state index in [2.05, 4.69) is 6.92 Å². The van der Waals surface area contributed by atoms with Crippen molar-refractivity contribution in [2.75, 3.05) is 13.2 Å². The molecule has 0 aromatic heterocycles. The fourth-order valence-corrected chi connectivity index (χ4v) is 1.45. The summed E-state index contributed by atoms with van der Waals surface area (Å²) in [6, 6.07) is 0. The summed E-state index contributed by atoms with van der Waals surface area (Å²) in [6.07, 6.45) is 4.43. The summed E-state index contributed by atoms with van der Waals surface area (Å²) in [5, 5.41) is 0. The number of hydrogen-bond donors (Lipinski definition) is 0. The lowest BCUT2D eigenvalue weighted by molar-refractivity contribution is -0.368. The molecule has 0 spiro atoms. The third-order valence-corrected chi connectivity index (χ3v) is 1.96. The third kappa shape index (κ3) is 2.71. The molecule has 1 aliphatic rings. The van der Waals surface area contributed by atoms with Gasteiger partial charge in [0.1, 0.15) is 0 Å². The number of hydrogen-bond acceptors (Lipinski definition) is 3. The summed E-state index contributed by atoms with van der Waals surface area (Å²) in [5.41, 5.74) is 0. The van der Waals surface area contributed by atoms with Gasteiger partial charge >= 0.3 is 5.97 Å². The number of ether oxygens (including phenoxy) is 3. The minimum absolute atomic E-state index is 0.437. The van der Waals surface area contributed by atoms with Gasteiger partial charge in [0.25, 0.3) is 0 Å². The van der Waals surface area contributed by atoms with Crippen LogP contribution in [0.25, 0.3) is 0 Å². The lowest BCUT2D eigenvalue weighted by Crippen LogP contribution is -2.41. The van der Waals surface area contributed by atoms with E-state index in [1.54, 1.807) is 6.26 Å². The average Bonchev–Trinajstić information content (AvgIpc) is 2.04. The van der Waals surface area contributed by atoms with Gasteiger partial charge in [0, 0.05) is 6.42 Å². The second kappa shape index (κ2) is 4.63. The van der Waals surface area contributed by atoms with E-state index in [4.69, 9.17) is 14.2 Å². The van der Waals surface area contributed by atoms with Crippen molar-refractivity contribution in [3.63, 3.8) is 0 Å². The molecule has 1 unspecified atom stereocenters. The first-order valence-electron chi connectivity index (χ1n) is 4.85. The largest absolute Gasteiger partial charge is 0.447 e. The zero-order valence-electron chi connectivity index (χ0n) is 8.58. The van der Waals surface area contributed by atoms with Crippen molar-refractivity contribution >= 4 is 0 Å². The van der Waals surface area contributed by atoms with Gasteiger partial charge in [-0.1, -0.05) is 6.92 Å². The number of allylic oxidation sites excluding steroid dienone is 1. The van der Waals surface area contributed by atoms with Gasteiger partial charge in [0.15, 0.2) is 0 Å². The quantitative estimate of drug-likeness (QED) is 0.630. The maximum Gasteiger partial charge on any atom is 0.326 e. The maximum atomic E-state index is 5.49. The molecule has 0 radical (unpaired) electrons. The van der Waals surface area contributed by atoms with Crippen molar-refractivity contribution in [3.05, 3.63) is 12.3 Å². The molecule has 1 rings (SSSR count). The Morgan fingerprint density at radius 1 is 1.38 bits per heavy atom. The highest BCUT2D eigenvalue weighted by atomic mass is 16.9. The van der Waals surface area contributed by atoms with Gasteiger partial charge in [-0.05, 0) is 25.8 Å². The molecule has 0 N–H and O–H groups in total. The van der Waals surface area contributed by atoms with Crippen LogP contribution in [0.3, 0.4) is 0 Å². The first-order valence-corrected chi connectivity index (χ1v) is 4.85. The second-order valence-corrected chi connectivity index (χ2v) is 3.18. The Morgan fingerprint density at radius 3 is 2.46 bits per heavy atom. The van der Waals surface area contributed by atoms with Crippen molar-refractivity contribution < 1.29 is 14.2 Å². The summed E-state index contributed by atoms with van der Waals surface area (Å²) in [4.78, 5) is 0. The van der Waals surface area contributed by atoms with E-state index < -0.39 is 5.97 Å². The highest BCUT2D eigenvalue weighted by Crippen LogP contribution is 2.29. The summed E-state index contributed by atoms with van der Waals surface area (Å²) in [6.45, 7) is 7.19. The Morgan fingerprint density at radius 2 is 2.00 bits per heavy atom. The van der Waals surface area contributed by atoms with Crippen LogP contribution in [-0.2, 0) is 14.2 Å². The van der Waals surface area contributed by atoms with Gasteiger partial charge in [-0.3, -0.25) is 0 Å². The molecule has 3 nitrogen and oxygen atoms in total. The van der Waals surface area contributed by atoms with Crippen LogP contribution < -0.4 is 0 Å². The fraction of sp³-hybridized carbons (Fsp3) is 0.800. The smallest absolute Gasteiger partial charge is 0.326 e.